The molecule has 0 bridgehead atoms. The lowest BCUT2D eigenvalue weighted by Gasteiger charge is -2.05. The SMILES string of the molecule is OCc1cccc(NCc2cnc(Cl)s2)c1. The summed E-state index contributed by atoms with van der Waals surface area (Å²) in [4.78, 5) is 5.05. The summed E-state index contributed by atoms with van der Waals surface area (Å²) in [6, 6.07) is 7.67. The fourth-order valence-corrected chi connectivity index (χ4v) is 2.25. The first kappa shape index (κ1) is 11.4. The Morgan fingerprint density at radius 3 is 3.00 bits per heavy atom. The second kappa shape index (κ2) is 5.30. The summed E-state index contributed by atoms with van der Waals surface area (Å²) in [5, 5.41) is 12.2. The van der Waals surface area contributed by atoms with Crippen LogP contribution in [0.5, 0.6) is 0 Å². The standard InChI is InChI=1S/C11H11ClN2OS/c12-11-14-6-10(16-11)5-13-9-3-1-2-8(4-9)7-15/h1-4,6,13,15H,5,7H2. The second-order valence-corrected chi connectivity index (χ2v) is 4.99. The van der Waals surface area contributed by atoms with E-state index in [1.165, 1.54) is 11.3 Å². The third kappa shape index (κ3) is 2.95. The predicted octanol–water partition coefficient (Wildman–Crippen LogP) is 2.90. The van der Waals surface area contributed by atoms with E-state index in [1.54, 1.807) is 6.20 Å². The minimum atomic E-state index is 0.0574. The molecule has 1 aromatic heterocycles. The molecule has 0 saturated heterocycles. The average molecular weight is 255 g/mol. The van der Waals surface area contributed by atoms with Gasteiger partial charge in [-0.15, -0.1) is 11.3 Å². The highest BCUT2D eigenvalue weighted by Crippen LogP contribution is 2.19. The van der Waals surface area contributed by atoms with Crippen LogP contribution in [0, 0.1) is 0 Å². The van der Waals surface area contributed by atoms with E-state index in [9.17, 15) is 0 Å². The molecule has 0 aliphatic heterocycles. The fraction of sp³-hybridized carbons (Fsp3) is 0.182. The highest BCUT2D eigenvalue weighted by Gasteiger charge is 1.99. The van der Waals surface area contributed by atoms with Gasteiger partial charge in [0.25, 0.3) is 0 Å². The van der Waals surface area contributed by atoms with Crippen molar-refractivity contribution >= 4 is 28.6 Å². The van der Waals surface area contributed by atoms with Crippen LogP contribution in [0.25, 0.3) is 0 Å². The Morgan fingerprint density at radius 2 is 2.31 bits per heavy atom. The van der Waals surface area contributed by atoms with E-state index in [0.717, 1.165) is 16.1 Å². The summed E-state index contributed by atoms with van der Waals surface area (Å²) in [7, 11) is 0. The Labute approximate surface area is 103 Å². The zero-order chi connectivity index (χ0) is 11.4. The van der Waals surface area contributed by atoms with E-state index in [1.807, 2.05) is 24.3 Å². The van der Waals surface area contributed by atoms with E-state index in [4.69, 9.17) is 16.7 Å². The molecular weight excluding hydrogens is 244 g/mol. The lowest BCUT2D eigenvalue weighted by atomic mass is 10.2. The van der Waals surface area contributed by atoms with Crippen LogP contribution in [0.2, 0.25) is 4.47 Å². The highest BCUT2D eigenvalue weighted by molar-refractivity contribution is 7.15. The second-order valence-electron chi connectivity index (χ2n) is 3.29. The van der Waals surface area contributed by atoms with Crippen molar-refractivity contribution in [2.24, 2.45) is 0 Å². The van der Waals surface area contributed by atoms with Crippen LogP contribution in [0.3, 0.4) is 0 Å². The summed E-state index contributed by atoms with van der Waals surface area (Å²) in [5.74, 6) is 0. The molecule has 0 aliphatic rings. The molecule has 0 saturated carbocycles. The van der Waals surface area contributed by atoms with Crippen LogP contribution in [-0.2, 0) is 13.2 Å². The van der Waals surface area contributed by atoms with Crippen molar-refractivity contribution in [1.29, 1.82) is 0 Å². The van der Waals surface area contributed by atoms with Crippen molar-refractivity contribution in [3.8, 4) is 0 Å². The van der Waals surface area contributed by atoms with E-state index < -0.39 is 0 Å². The van der Waals surface area contributed by atoms with Crippen molar-refractivity contribution < 1.29 is 5.11 Å². The molecule has 2 N–H and O–H groups in total. The molecule has 0 atom stereocenters. The summed E-state index contributed by atoms with van der Waals surface area (Å²) >= 11 is 7.20. The van der Waals surface area contributed by atoms with Crippen LogP contribution in [0.4, 0.5) is 5.69 Å². The van der Waals surface area contributed by atoms with Crippen molar-refractivity contribution in [2.75, 3.05) is 5.32 Å². The fourth-order valence-electron chi connectivity index (χ4n) is 1.33. The number of aromatic nitrogens is 1. The number of halogens is 1. The quantitative estimate of drug-likeness (QED) is 0.882. The largest absolute Gasteiger partial charge is 0.392 e. The Morgan fingerprint density at radius 1 is 1.44 bits per heavy atom. The van der Waals surface area contributed by atoms with Gasteiger partial charge in [0.2, 0.25) is 0 Å². The summed E-state index contributed by atoms with van der Waals surface area (Å²) in [6.45, 7) is 0.751. The number of hydrogen-bond donors (Lipinski definition) is 2. The number of rotatable bonds is 4. The first-order valence-electron chi connectivity index (χ1n) is 4.82. The van der Waals surface area contributed by atoms with Crippen LogP contribution in [0.1, 0.15) is 10.4 Å². The lowest BCUT2D eigenvalue weighted by molar-refractivity contribution is 0.282. The van der Waals surface area contributed by atoms with Gasteiger partial charge in [-0.05, 0) is 17.7 Å². The van der Waals surface area contributed by atoms with Gasteiger partial charge in [0.05, 0.1) is 13.2 Å². The van der Waals surface area contributed by atoms with Crippen molar-refractivity contribution in [3.05, 3.63) is 45.4 Å². The molecule has 0 radical (unpaired) electrons. The number of hydrogen-bond acceptors (Lipinski definition) is 4. The average Bonchev–Trinajstić information content (AvgIpc) is 2.73. The van der Waals surface area contributed by atoms with Gasteiger partial charge in [-0.2, -0.15) is 0 Å². The summed E-state index contributed by atoms with van der Waals surface area (Å²) in [5.41, 5.74) is 1.88. The highest BCUT2D eigenvalue weighted by atomic mass is 35.5. The molecular formula is C11H11ClN2OS. The number of nitrogens with one attached hydrogen (secondary N) is 1. The minimum Gasteiger partial charge on any atom is -0.392 e. The normalized spacial score (nSPS) is 10.4. The Bertz CT molecular complexity index is 473. The van der Waals surface area contributed by atoms with E-state index in [2.05, 4.69) is 10.3 Å². The monoisotopic (exact) mass is 254 g/mol. The van der Waals surface area contributed by atoms with Gasteiger partial charge in [0.1, 0.15) is 0 Å². The van der Waals surface area contributed by atoms with Gasteiger partial charge in [0.15, 0.2) is 4.47 Å². The van der Waals surface area contributed by atoms with E-state index in [-0.39, 0.29) is 6.61 Å². The minimum absolute atomic E-state index is 0.0574. The molecule has 0 spiro atoms. The topological polar surface area (TPSA) is 45.1 Å². The number of benzene rings is 1. The maximum absolute atomic E-state index is 9.00. The Kier molecular flexibility index (Phi) is 3.77. The maximum Gasteiger partial charge on any atom is 0.183 e. The predicted molar refractivity (Wildman–Crippen MR) is 66.8 cm³/mol. The van der Waals surface area contributed by atoms with Gasteiger partial charge < -0.3 is 10.4 Å². The number of nitrogens with zero attached hydrogens (tertiary/aromatic N) is 1. The number of aliphatic hydroxyl groups is 1. The van der Waals surface area contributed by atoms with E-state index >= 15 is 0 Å². The van der Waals surface area contributed by atoms with Crippen molar-refractivity contribution in [3.63, 3.8) is 0 Å². The molecule has 0 amide bonds. The van der Waals surface area contributed by atoms with Crippen molar-refractivity contribution in [2.45, 2.75) is 13.2 Å². The molecule has 0 fully saturated rings. The lowest BCUT2D eigenvalue weighted by Crippen LogP contribution is -1.97. The van der Waals surface area contributed by atoms with Gasteiger partial charge >= 0.3 is 0 Å². The van der Waals surface area contributed by atoms with Crippen LogP contribution >= 0.6 is 22.9 Å². The van der Waals surface area contributed by atoms with E-state index in [0.29, 0.717) is 11.0 Å². The molecule has 84 valence electrons. The zero-order valence-corrected chi connectivity index (χ0v) is 10.1. The molecule has 1 aromatic carbocycles. The first-order chi connectivity index (χ1) is 7.78. The molecule has 0 unspecified atom stereocenters. The van der Waals surface area contributed by atoms with Crippen LogP contribution in [-0.4, -0.2) is 10.1 Å². The number of thiazole rings is 1. The summed E-state index contributed by atoms with van der Waals surface area (Å²) in [6.07, 6.45) is 1.76. The number of aliphatic hydroxyl groups excluding tert-OH is 1. The van der Waals surface area contributed by atoms with Gasteiger partial charge in [-0.1, -0.05) is 23.7 Å². The molecule has 1 heterocycles. The maximum atomic E-state index is 9.00. The third-order valence-corrected chi connectivity index (χ3v) is 3.22. The van der Waals surface area contributed by atoms with Gasteiger partial charge in [0, 0.05) is 16.8 Å². The first-order valence-corrected chi connectivity index (χ1v) is 6.01. The van der Waals surface area contributed by atoms with Gasteiger partial charge in [-0.25, -0.2) is 4.98 Å². The van der Waals surface area contributed by atoms with Crippen LogP contribution in [0.15, 0.2) is 30.5 Å². The Balaban J connectivity index is 1.99. The van der Waals surface area contributed by atoms with Gasteiger partial charge in [-0.3, -0.25) is 0 Å². The molecule has 2 rings (SSSR count). The molecule has 3 nitrogen and oxygen atoms in total. The third-order valence-electron chi connectivity index (χ3n) is 2.10. The summed E-state index contributed by atoms with van der Waals surface area (Å²) < 4.78 is 0.556. The molecule has 2 aromatic rings. The van der Waals surface area contributed by atoms with Crippen LogP contribution < -0.4 is 5.32 Å². The smallest absolute Gasteiger partial charge is 0.183 e. The number of anilines is 1. The Hall–Kier alpha value is -1.10. The molecule has 0 aliphatic carbocycles. The molecule has 16 heavy (non-hydrogen) atoms. The zero-order valence-electron chi connectivity index (χ0n) is 8.48. The van der Waals surface area contributed by atoms with Crippen molar-refractivity contribution in [1.82, 2.24) is 4.98 Å². The molecule has 5 heteroatoms.